The molecule has 2 aliphatic rings. The Balaban J connectivity index is 1.86. The van der Waals surface area contributed by atoms with Gasteiger partial charge >= 0.3 is 0 Å². The van der Waals surface area contributed by atoms with Crippen LogP contribution in [0.15, 0.2) is 0 Å². The Hall–Kier alpha value is 0.270. The zero-order valence-electron chi connectivity index (χ0n) is 6.86. The monoisotopic (exact) mass is 172 g/mol. The number of hydrogen-bond acceptors (Lipinski definition) is 3. The lowest BCUT2D eigenvalue weighted by molar-refractivity contribution is 0.361. The SMILES string of the molecule is C1CNCCC2(CNC2)SC1. The van der Waals surface area contributed by atoms with Crippen LogP contribution in [0.4, 0.5) is 0 Å². The maximum Gasteiger partial charge on any atom is 0.0420 e. The van der Waals surface area contributed by atoms with E-state index in [2.05, 4.69) is 22.4 Å². The first-order valence-electron chi connectivity index (χ1n) is 4.47. The van der Waals surface area contributed by atoms with Gasteiger partial charge in [-0.15, -0.1) is 0 Å². The second-order valence-corrected chi connectivity index (χ2v) is 5.05. The van der Waals surface area contributed by atoms with E-state index in [1.54, 1.807) is 0 Å². The third kappa shape index (κ3) is 1.71. The molecule has 3 heteroatoms. The Morgan fingerprint density at radius 3 is 2.73 bits per heavy atom. The van der Waals surface area contributed by atoms with Crippen molar-refractivity contribution in [2.75, 3.05) is 31.9 Å². The highest BCUT2D eigenvalue weighted by Crippen LogP contribution is 2.33. The van der Waals surface area contributed by atoms with Crippen LogP contribution in [0, 0.1) is 0 Å². The van der Waals surface area contributed by atoms with Crippen LogP contribution < -0.4 is 10.6 Å². The molecule has 2 N–H and O–H groups in total. The summed E-state index contributed by atoms with van der Waals surface area (Å²) in [5.74, 6) is 1.34. The summed E-state index contributed by atoms with van der Waals surface area (Å²) in [6, 6.07) is 0. The minimum Gasteiger partial charge on any atom is -0.317 e. The first-order chi connectivity index (χ1) is 5.41. The molecule has 2 saturated heterocycles. The number of thioether (sulfide) groups is 1. The second-order valence-electron chi connectivity index (χ2n) is 3.49. The van der Waals surface area contributed by atoms with Crippen molar-refractivity contribution in [2.24, 2.45) is 0 Å². The first-order valence-corrected chi connectivity index (χ1v) is 5.45. The molecule has 0 unspecified atom stereocenters. The number of rotatable bonds is 0. The zero-order valence-corrected chi connectivity index (χ0v) is 7.67. The van der Waals surface area contributed by atoms with E-state index in [0.717, 1.165) is 0 Å². The van der Waals surface area contributed by atoms with Crippen molar-refractivity contribution in [2.45, 2.75) is 17.6 Å². The van der Waals surface area contributed by atoms with E-state index in [0.29, 0.717) is 4.75 Å². The summed E-state index contributed by atoms with van der Waals surface area (Å²) in [5, 5.41) is 6.84. The van der Waals surface area contributed by atoms with Gasteiger partial charge in [-0.25, -0.2) is 0 Å². The maximum atomic E-state index is 3.47. The van der Waals surface area contributed by atoms with Gasteiger partial charge in [0.1, 0.15) is 0 Å². The fourth-order valence-electron chi connectivity index (χ4n) is 1.68. The van der Waals surface area contributed by atoms with Gasteiger partial charge < -0.3 is 10.6 Å². The molecule has 0 saturated carbocycles. The molecule has 64 valence electrons. The number of nitrogens with one attached hydrogen (secondary N) is 2. The summed E-state index contributed by atoms with van der Waals surface area (Å²) >= 11 is 2.18. The predicted octanol–water partition coefficient (Wildman–Crippen LogP) is 0.445. The van der Waals surface area contributed by atoms with E-state index < -0.39 is 0 Å². The van der Waals surface area contributed by atoms with Crippen LogP contribution in [0.1, 0.15) is 12.8 Å². The molecule has 0 aromatic rings. The van der Waals surface area contributed by atoms with Gasteiger partial charge in [0.15, 0.2) is 0 Å². The van der Waals surface area contributed by atoms with E-state index in [1.165, 1.54) is 44.8 Å². The van der Waals surface area contributed by atoms with Crippen molar-refractivity contribution in [1.29, 1.82) is 0 Å². The van der Waals surface area contributed by atoms with Crippen molar-refractivity contribution in [1.82, 2.24) is 10.6 Å². The highest BCUT2D eigenvalue weighted by molar-refractivity contribution is 8.00. The van der Waals surface area contributed by atoms with Crippen LogP contribution in [0.3, 0.4) is 0 Å². The van der Waals surface area contributed by atoms with Gasteiger partial charge in [-0.3, -0.25) is 0 Å². The second kappa shape index (κ2) is 3.33. The Morgan fingerprint density at radius 1 is 1.09 bits per heavy atom. The van der Waals surface area contributed by atoms with E-state index in [4.69, 9.17) is 0 Å². The van der Waals surface area contributed by atoms with Crippen molar-refractivity contribution < 1.29 is 0 Å². The molecule has 0 atom stereocenters. The molecule has 1 spiro atoms. The minimum atomic E-state index is 0.618. The average Bonchev–Trinajstić information content (AvgIpc) is 1.82. The topological polar surface area (TPSA) is 24.1 Å². The van der Waals surface area contributed by atoms with Crippen LogP contribution >= 0.6 is 11.8 Å². The average molecular weight is 172 g/mol. The summed E-state index contributed by atoms with van der Waals surface area (Å²) in [6.07, 6.45) is 2.69. The van der Waals surface area contributed by atoms with E-state index in [9.17, 15) is 0 Å². The normalized spacial score (nSPS) is 30.5. The molecule has 2 fully saturated rings. The Morgan fingerprint density at radius 2 is 2.00 bits per heavy atom. The van der Waals surface area contributed by atoms with Gasteiger partial charge in [-0.2, -0.15) is 11.8 Å². The van der Waals surface area contributed by atoms with Crippen molar-refractivity contribution in [3.8, 4) is 0 Å². The molecule has 0 amide bonds. The highest BCUT2D eigenvalue weighted by Gasteiger charge is 2.36. The molecule has 2 rings (SSSR count). The number of hydrogen-bond donors (Lipinski definition) is 2. The zero-order chi connectivity index (χ0) is 7.57. The third-order valence-electron chi connectivity index (χ3n) is 2.56. The Labute approximate surface area is 72.5 Å². The van der Waals surface area contributed by atoms with Crippen LogP contribution in [0.5, 0.6) is 0 Å². The fourth-order valence-corrected chi connectivity index (χ4v) is 3.06. The van der Waals surface area contributed by atoms with Crippen molar-refractivity contribution >= 4 is 11.8 Å². The van der Waals surface area contributed by atoms with E-state index >= 15 is 0 Å². The van der Waals surface area contributed by atoms with Crippen LogP contribution in [-0.2, 0) is 0 Å². The van der Waals surface area contributed by atoms with Crippen molar-refractivity contribution in [3.05, 3.63) is 0 Å². The molecule has 0 aliphatic carbocycles. The van der Waals surface area contributed by atoms with Crippen LogP contribution in [0.2, 0.25) is 0 Å². The van der Waals surface area contributed by atoms with Gasteiger partial charge in [0.25, 0.3) is 0 Å². The Kier molecular flexibility index (Phi) is 2.39. The van der Waals surface area contributed by atoms with Gasteiger partial charge in [-0.1, -0.05) is 0 Å². The van der Waals surface area contributed by atoms with E-state index in [1.807, 2.05) is 0 Å². The van der Waals surface area contributed by atoms with E-state index in [-0.39, 0.29) is 0 Å². The summed E-state index contributed by atoms with van der Waals surface area (Å²) < 4.78 is 0.618. The highest BCUT2D eigenvalue weighted by atomic mass is 32.2. The molecule has 2 heterocycles. The van der Waals surface area contributed by atoms with Crippen LogP contribution in [-0.4, -0.2) is 36.7 Å². The molecule has 0 aromatic carbocycles. The quantitative estimate of drug-likeness (QED) is 0.554. The Bertz CT molecular complexity index is 124. The predicted molar refractivity (Wildman–Crippen MR) is 50.2 cm³/mol. The van der Waals surface area contributed by atoms with Gasteiger partial charge in [-0.05, 0) is 31.7 Å². The molecule has 2 aliphatic heterocycles. The van der Waals surface area contributed by atoms with Gasteiger partial charge in [0.2, 0.25) is 0 Å². The summed E-state index contributed by atoms with van der Waals surface area (Å²) in [5.41, 5.74) is 0. The van der Waals surface area contributed by atoms with Gasteiger partial charge in [0.05, 0.1) is 0 Å². The van der Waals surface area contributed by atoms with Crippen LogP contribution in [0.25, 0.3) is 0 Å². The molecule has 2 nitrogen and oxygen atoms in total. The molecular weight excluding hydrogens is 156 g/mol. The third-order valence-corrected chi connectivity index (χ3v) is 4.16. The summed E-state index contributed by atoms with van der Waals surface area (Å²) in [6.45, 7) is 4.91. The van der Waals surface area contributed by atoms with Gasteiger partial charge in [0, 0.05) is 17.8 Å². The lowest BCUT2D eigenvalue weighted by Crippen LogP contribution is -2.58. The summed E-state index contributed by atoms with van der Waals surface area (Å²) in [4.78, 5) is 0. The lowest BCUT2D eigenvalue weighted by Gasteiger charge is -2.43. The standard InChI is InChI=1S/C8H16N2S/c1-3-9-4-2-8(11-5-1)6-10-7-8/h9-10H,1-7H2. The minimum absolute atomic E-state index is 0.618. The summed E-state index contributed by atoms with van der Waals surface area (Å²) in [7, 11) is 0. The largest absolute Gasteiger partial charge is 0.317 e. The molecule has 0 radical (unpaired) electrons. The smallest absolute Gasteiger partial charge is 0.0420 e. The first kappa shape index (κ1) is 7.90. The molecule has 11 heavy (non-hydrogen) atoms. The lowest BCUT2D eigenvalue weighted by atomic mass is 9.98. The fraction of sp³-hybridized carbons (Fsp3) is 1.00. The maximum absolute atomic E-state index is 3.47. The molecule has 0 bridgehead atoms. The van der Waals surface area contributed by atoms with Crippen molar-refractivity contribution in [3.63, 3.8) is 0 Å². The molecular formula is C8H16N2S. The molecule has 0 aromatic heterocycles.